The Morgan fingerprint density at radius 3 is 2.76 bits per heavy atom. The minimum Gasteiger partial charge on any atom is -0.495 e. The maximum atomic E-state index is 12.7. The van der Waals surface area contributed by atoms with E-state index in [1.165, 1.54) is 13.3 Å². The van der Waals surface area contributed by atoms with Gasteiger partial charge < -0.3 is 10.1 Å². The summed E-state index contributed by atoms with van der Waals surface area (Å²) in [5.41, 5.74) is 2.55. The minimum absolute atomic E-state index is 0.278. The normalized spacial score (nSPS) is 10.6. The smallest absolute Gasteiger partial charge is 0.259 e. The summed E-state index contributed by atoms with van der Waals surface area (Å²) in [5.74, 6) is 0.873. The van der Waals surface area contributed by atoms with E-state index in [0.29, 0.717) is 33.5 Å². The molecule has 0 saturated heterocycles. The zero-order chi connectivity index (χ0) is 18.0. The molecule has 0 bridgehead atoms. The third kappa shape index (κ3) is 3.34. The minimum atomic E-state index is -0.278. The molecule has 0 fully saturated rings. The van der Waals surface area contributed by atoms with Crippen LogP contribution >= 0.6 is 11.6 Å². The number of hydrogen-bond acceptors (Lipinski definition) is 4. The SMILES string of the molecule is COc1cc(Cl)c(C)cc1NC(=O)c1cnn(-c2ccccn2)c1C. The molecule has 128 valence electrons. The van der Waals surface area contributed by atoms with Gasteiger partial charge in [0.05, 0.1) is 30.3 Å². The Kier molecular flexibility index (Phi) is 4.72. The number of benzene rings is 1. The summed E-state index contributed by atoms with van der Waals surface area (Å²) in [7, 11) is 1.53. The van der Waals surface area contributed by atoms with Gasteiger partial charge in [-0.2, -0.15) is 5.10 Å². The van der Waals surface area contributed by atoms with Crippen LogP contribution in [-0.4, -0.2) is 27.8 Å². The van der Waals surface area contributed by atoms with Gasteiger partial charge in [0.2, 0.25) is 0 Å². The van der Waals surface area contributed by atoms with Gasteiger partial charge in [-0.1, -0.05) is 17.7 Å². The Bertz CT molecular complexity index is 922. The number of carbonyl (C=O) groups excluding carboxylic acids is 1. The molecule has 0 aliphatic rings. The fourth-order valence-electron chi connectivity index (χ4n) is 2.46. The number of rotatable bonds is 4. The summed E-state index contributed by atoms with van der Waals surface area (Å²) in [6, 6.07) is 8.97. The zero-order valence-corrected chi connectivity index (χ0v) is 14.8. The molecule has 3 aromatic rings. The average Bonchev–Trinajstić information content (AvgIpc) is 3.00. The van der Waals surface area contributed by atoms with Gasteiger partial charge in [-0.15, -0.1) is 0 Å². The molecular formula is C18H17ClN4O2. The highest BCUT2D eigenvalue weighted by molar-refractivity contribution is 6.31. The molecule has 0 spiro atoms. The Morgan fingerprint density at radius 1 is 1.28 bits per heavy atom. The Hall–Kier alpha value is -2.86. The average molecular weight is 357 g/mol. The third-order valence-corrected chi connectivity index (χ3v) is 4.26. The highest BCUT2D eigenvalue weighted by Crippen LogP contribution is 2.31. The first kappa shape index (κ1) is 17.0. The summed E-state index contributed by atoms with van der Waals surface area (Å²) in [6.45, 7) is 3.68. The zero-order valence-electron chi connectivity index (χ0n) is 14.1. The highest BCUT2D eigenvalue weighted by atomic mass is 35.5. The molecule has 3 rings (SSSR count). The fourth-order valence-corrected chi connectivity index (χ4v) is 2.62. The third-order valence-electron chi connectivity index (χ3n) is 3.85. The molecule has 6 nitrogen and oxygen atoms in total. The van der Waals surface area contributed by atoms with Gasteiger partial charge in [0.1, 0.15) is 5.75 Å². The van der Waals surface area contributed by atoms with Crippen LogP contribution in [0.5, 0.6) is 5.75 Å². The maximum Gasteiger partial charge on any atom is 0.259 e. The molecule has 2 aromatic heterocycles. The molecule has 0 aliphatic heterocycles. The molecule has 0 atom stereocenters. The lowest BCUT2D eigenvalue weighted by atomic mass is 10.2. The van der Waals surface area contributed by atoms with Crippen molar-refractivity contribution in [1.29, 1.82) is 0 Å². The van der Waals surface area contributed by atoms with Crippen molar-refractivity contribution < 1.29 is 9.53 Å². The van der Waals surface area contributed by atoms with E-state index in [1.54, 1.807) is 23.0 Å². The number of hydrogen-bond donors (Lipinski definition) is 1. The lowest BCUT2D eigenvalue weighted by molar-refractivity contribution is 0.102. The number of aryl methyl sites for hydroxylation is 1. The second-order valence-electron chi connectivity index (χ2n) is 5.50. The van der Waals surface area contributed by atoms with E-state index >= 15 is 0 Å². The molecule has 2 heterocycles. The molecule has 1 N–H and O–H groups in total. The van der Waals surface area contributed by atoms with Crippen molar-refractivity contribution in [2.45, 2.75) is 13.8 Å². The van der Waals surface area contributed by atoms with Crippen molar-refractivity contribution >= 4 is 23.2 Å². The molecule has 0 saturated carbocycles. The van der Waals surface area contributed by atoms with E-state index in [-0.39, 0.29) is 5.91 Å². The Labute approximate surface area is 150 Å². The molecule has 0 aliphatic carbocycles. The van der Waals surface area contributed by atoms with Crippen molar-refractivity contribution in [2.24, 2.45) is 0 Å². The van der Waals surface area contributed by atoms with Crippen molar-refractivity contribution in [3.05, 3.63) is 64.6 Å². The predicted octanol–water partition coefficient (Wildman–Crippen LogP) is 3.80. The number of nitrogens with one attached hydrogen (secondary N) is 1. The van der Waals surface area contributed by atoms with Gasteiger partial charge >= 0.3 is 0 Å². The second kappa shape index (κ2) is 6.94. The summed E-state index contributed by atoms with van der Waals surface area (Å²) >= 11 is 6.10. The number of halogens is 1. The first-order valence-electron chi connectivity index (χ1n) is 7.62. The van der Waals surface area contributed by atoms with Gasteiger partial charge in [0.25, 0.3) is 5.91 Å². The predicted molar refractivity (Wildman–Crippen MR) is 96.8 cm³/mol. The number of methoxy groups -OCH3 is 1. The van der Waals surface area contributed by atoms with Crippen LogP contribution in [0.3, 0.4) is 0 Å². The molecule has 25 heavy (non-hydrogen) atoms. The van der Waals surface area contributed by atoms with Crippen molar-refractivity contribution in [1.82, 2.24) is 14.8 Å². The molecule has 0 radical (unpaired) electrons. The monoisotopic (exact) mass is 356 g/mol. The van der Waals surface area contributed by atoms with Gasteiger partial charge in [0, 0.05) is 17.3 Å². The lowest BCUT2D eigenvalue weighted by Gasteiger charge is -2.12. The fraction of sp³-hybridized carbons (Fsp3) is 0.167. The van der Waals surface area contributed by atoms with Crippen LogP contribution in [0, 0.1) is 13.8 Å². The molecule has 7 heteroatoms. The largest absolute Gasteiger partial charge is 0.495 e. The van der Waals surface area contributed by atoms with E-state index in [2.05, 4.69) is 15.4 Å². The van der Waals surface area contributed by atoms with E-state index < -0.39 is 0 Å². The number of nitrogens with zero attached hydrogens (tertiary/aromatic N) is 3. The van der Waals surface area contributed by atoms with Crippen molar-refractivity contribution in [3.8, 4) is 11.6 Å². The van der Waals surface area contributed by atoms with Gasteiger partial charge in [0.15, 0.2) is 5.82 Å². The number of aromatic nitrogens is 3. The van der Waals surface area contributed by atoms with Crippen LogP contribution in [-0.2, 0) is 0 Å². The lowest BCUT2D eigenvalue weighted by Crippen LogP contribution is -2.14. The van der Waals surface area contributed by atoms with Crippen LogP contribution in [0.2, 0.25) is 5.02 Å². The molecule has 1 aromatic carbocycles. The summed E-state index contributed by atoms with van der Waals surface area (Å²) in [6.07, 6.45) is 3.20. The van der Waals surface area contributed by atoms with E-state index in [1.807, 2.05) is 32.0 Å². The van der Waals surface area contributed by atoms with Crippen LogP contribution in [0.25, 0.3) is 5.82 Å². The maximum absolute atomic E-state index is 12.7. The summed E-state index contributed by atoms with van der Waals surface area (Å²) in [4.78, 5) is 16.9. The second-order valence-corrected chi connectivity index (χ2v) is 5.91. The van der Waals surface area contributed by atoms with Crippen LogP contribution in [0.1, 0.15) is 21.6 Å². The first-order chi connectivity index (χ1) is 12.0. The highest BCUT2D eigenvalue weighted by Gasteiger charge is 2.17. The van der Waals surface area contributed by atoms with E-state index in [4.69, 9.17) is 16.3 Å². The number of pyridine rings is 1. The quantitative estimate of drug-likeness (QED) is 0.772. The van der Waals surface area contributed by atoms with E-state index in [0.717, 1.165) is 5.56 Å². The summed E-state index contributed by atoms with van der Waals surface area (Å²) in [5, 5.41) is 7.70. The number of ether oxygens (including phenoxy) is 1. The van der Waals surface area contributed by atoms with Gasteiger partial charge in [-0.05, 0) is 37.6 Å². The van der Waals surface area contributed by atoms with Crippen LogP contribution < -0.4 is 10.1 Å². The molecular weight excluding hydrogens is 340 g/mol. The number of amides is 1. The Balaban J connectivity index is 1.91. The van der Waals surface area contributed by atoms with Gasteiger partial charge in [-0.25, -0.2) is 9.67 Å². The first-order valence-corrected chi connectivity index (χ1v) is 8.00. The van der Waals surface area contributed by atoms with E-state index in [9.17, 15) is 4.79 Å². The molecule has 0 unspecified atom stereocenters. The van der Waals surface area contributed by atoms with Crippen LogP contribution in [0.4, 0.5) is 5.69 Å². The number of anilines is 1. The number of carbonyl (C=O) groups is 1. The topological polar surface area (TPSA) is 69.0 Å². The van der Waals surface area contributed by atoms with Crippen molar-refractivity contribution in [3.63, 3.8) is 0 Å². The summed E-state index contributed by atoms with van der Waals surface area (Å²) < 4.78 is 6.92. The van der Waals surface area contributed by atoms with Crippen LogP contribution in [0.15, 0.2) is 42.7 Å². The van der Waals surface area contributed by atoms with Crippen molar-refractivity contribution in [2.75, 3.05) is 12.4 Å². The van der Waals surface area contributed by atoms with Gasteiger partial charge in [-0.3, -0.25) is 4.79 Å². The standard InChI is InChI=1S/C18H17ClN4O2/c1-11-8-15(16(25-3)9-14(11)19)22-18(24)13-10-21-23(12(13)2)17-6-4-5-7-20-17/h4-10H,1-3H3,(H,22,24). The molecule has 1 amide bonds. The Morgan fingerprint density at radius 2 is 2.08 bits per heavy atom.